The first-order valence-corrected chi connectivity index (χ1v) is 8.16. The Balaban J connectivity index is 1.88. The molecule has 0 saturated heterocycles. The van der Waals surface area contributed by atoms with Crippen LogP contribution in [0.15, 0.2) is 54.6 Å². The second-order valence-corrected chi connectivity index (χ2v) is 5.88. The zero-order valence-corrected chi connectivity index (χ0v) is 14.1. The van der Waals surface area contributed by atoms with Crippen molar-refractivity contribution in [2.24, 2.45) is 0 Å². The van der Waals surface area contributed by atoms with Gasteiger partial charge in [0.25, 0.3) is 5.91 Å². The van der Waals surface area contributed by atoms with Gasteiger partial charge in [0.1, 0.15) is 5.75 Å². The van der Waals surface area contributed by atoms with E-state index >= 15 is 0 Å². The third kappa shape index (κ3) is 5.13. The summed E-state index contributed by atoms with van der Waals surface area (Å²) in [6, 6.07) is 18.0. The number of benzene rings is 2. The van der Waals surface area contributed by atoms with Gasteiger partial charge in [-0.3, -0.25) is 4.79 Å². The van der Waals surface area contributed by atoms with Crippen molar-refractivity contribution >= 4 is 5.91 Å². The van der Waals surface area contributed by atoms with Gasteiger partial charge in [0.2, 0.25) is 0 Å². The standard InChI is InChI=1S/C20H25NO2/c1-4-19(23-18-12-10-15(2)11-13-18)20(22)21-14-16(3)17-8-6-5-7-9-17/h5-13,16,19H,4,14H2,1-3H3,(H,21,22)/t16-,19+/m0/s1. The number of nitrogens with one attached hydrogen (secondary N) is 1. The number of hydrogen-bond acceptors (Lipinski definition) is 2. The Morgan fingerprint density at radius 3 is 2.35 bits per heavy atom. The van der Waals surface area contributed by atoms with Gasteiger partial charge >= 0.3 is 0 Å². The molecule has 0 radical (unpaired) electrons. The number of carbonyl (C=O) groups is 1. The Kier molecular flexibility index (Phi) is 6.21. The van der Waals surface area contributed by atoms with Gasteiger partial charge in [0, 0.05) is 6.54 Å². The Hall–Kier alpha value is -2.29. The molecule has 0 aliphatic rings. The zero-order chi connectivity index (χ0) is 16.7. The highest BCUT2D eigenvalue weighted by Gasteiger charge is 2.19. The van der Waals surface area contributed by atoms with Crippen LogP contribution < -0.4 is 10.1 Å². The summed E-state index contributed by atoms with van der Waals surface area (Å²) in [6.07, 6.45) is 0.181. The van der Waals surface area contributed by atoms with E-state index in [1.165, 1.54) is 11.1 Å². The van der Waals surface area contributed by atoms with E-state index in [-0.39, 0.29) is 11.8 Å². The van der Waals surface area contributed by atoms with Gasteiger partial charge in [-0.1, -0.05) is 61.9 Å². The van der Waals surface area contributed by atoms with E-state index in [2.05, 4.69) is 24.4 Å². The molecule has 0 heterocycles. The molecule has 0 bridgehead atoms. The van der Waals surface area contributed by atoms with Gasteiger partial charge in [-0.15, -0.1) is 0 Å². The fourth-order valence-electron chi connectivity index (χ4n) is 2.37. The van der Waals surface area contributed by atoms with Crippen LogP contribution in [0.1, 0.15) is 37.3 Å². The van der Waals surface area contributed by atoms with E-state index in [4.69, 9.17) is 4.74 Å². The fraction of sp³-hybridized carbons (Fsp3) is 0.350. The molecular weight excluding hydrogens is 286 g/mol. The summed E-state index contributed by atoms with van der Waals surface area (Å²) < 4.78 is 5.81. The van der Waals surface area contributed by atoms with Crippen LogP contribution in [0.5, 0.6) is 5.75 Å². The van der Waals surface area contributed by atoms with Crippen LogP contribution in [0, 0.1) is 6.92 Å². The molecule has 0 saturated carbocycles. The lowest BCUT2D eigenvalue weighted by Crippen LogP contribution is -2.39. The minimum absolute atomic E-state index is 0.0594. The quantitative estimate of drug-likeness (QED) is 0.837. The lowest BCUT2D eigenvalue weighted by Gasteiger charge is -2.19. The van der Waals surface area contributed by atoms with Crippen molar-refractivity contribution in [1.82, 2.24) is 5.32 Å². The van der Waals surface area contributed by atoms with Crippen LogP contribution in [0.2, 0.25) is 0 Å². The Bertz CT molecular complexity index is 607. The molecule has 3 nitrogen and oxygen atoms in total. The molecule has 23 heavy (non-hydrogen) atoms. The summed E-state index contributed by atoms with van der Waals surface area (Å²) in [4.78, 5) is 12.3. The Labute approximate surface area is 138 Å². The van der Waals surface area contributed by atoms with Crippen molar-refractivity contribution in [3.05, 3.63) is 65.7 Å². The van der Waals surface area contributed by atoms with E-state index in [1.807, 2.05) is 56.3 Å². The van der Waals surface area contributed by atoms with Crippen LogP contribution in [0.3, 0.4) is 0 Å². The summed E-state index contributed by atoms with van der Waals surface area (Å²) in [5.74, 6) is 0.946. The van der Waals surface area contributed by atoms with Gasteiger partial charge in [0.15, 0.2) is 6.10 Å². The highest BCUT2D eigenvalue weighted by molar-refractivity contribution is 5.81. The topological polar surface area (TPSA) is 38.3 Å². The average molecular weight is 311 g/mol. The molecule has 122 valence electrons. The number of hydrogen-bond donors (Lipinski definition) is 1. The summed E-state index contributed by atoms with van der Waals surface area (Å²) >= 11 is 0. The number of amides is 1. The maximum atomic E-state index is 12.3. The van der Waals surface area contributed by atoms with Crippen LogP contribution in [-0.2, 0) is 4.79 Å². The van der Waals surface area contributed by atoms with Crippen LogP contribution >= 0.6 is 0 Å². The first-order chi connectivity index (χ1) is 11.1. The lowest BCUT2D eigenvalue weighted by atomic mass is 10.0. The summed E-state index contributed by atoms with van der Waals surface area (Å²) in [7, 11) is 0. The smallest absolute Gasteiger partial charge is 0.261 e. The summed E-state index contributed by atoms with van der Waals surface area (Å²) in [5, 5.41) is 3.00. The second kappa shape index (κ2) is 8.37. The van der Waals surface area contributed by atoms with Gasteiger partial charge in [-0.25, -0.2) is 0 Å². The maximum absolute atomic E-state index is 12.3. The molecule has 0 aliphatic heterocycles. The van der Waals surface area contributed by atoms with Crippen molar-refractivity contribution in [3.8, 4) is 5.75 Å². The third-order valence-corrected chi connectivity index (χ3v) is 3.91. The van der Waals surface area contributed by atoms with Gasteiger partial charge < -0.3 is 10.1 Å². The first-order valence-electron chi connectivity index (χ1n) is 8.16. The summed E-state index contributed by atoms with van der Waals surface area (Å²) in [5.41, 5.74) is 2.40. The van der Waals surface area contributed by atoms with Crippen molar-refractivity contribution < 1.29 is 9.53 Å². The summed E-state index contributed by atoms with van der Waals surface area (Å²) in [6.45, 7) is 6.70. The van der Waals surface area contributed by atoms with Crippen LogP contribution in [0.25, 0.3) is 0 Å². The van der Waals surface area contributed by atoms with Crippen molar-refractivity contribution in [2.45, 2.75) is 39.2 Å². The molecule has 0 aliphatic carbocycles. The molecule has 0 spiro atoms. The van der Waals surface area contributed by atoms with Crippen molar-refractivity contribution in [2.75, 3.05) is 6.54 Å². The molecule has 0 aromatic heterocycles. The number of rotatable bonds is 7. The molecule has 0 fully saturated rings. The van der Waals surface area contributed by atoms with Crippen LogP contribution in [-0.4, -0.2) is 18.6 Å². The van der Waals surface area contributed by atoms with E-state index in [0.29, 0.717) is 13.0 Å². The number of carbonyl (C=O) groups excluding carboxylic acids is 1. The molecule has 1 N–H and O–H groups in total. The Morgan fingerprint density at radius 1 is 1.09 bits per heavy atom. The highest BCUT2D eigenvalue weighted by atomic mass is 16.5. The normalized spacial score (nSPS) is 13.2. The molecule has 1 amide bonds. The minimum atomic E-state index is -0.458. The molecule has 3 heteroatoms. The number of aryl methyl sites for hydroxylation is 1. The molecule has 2 rings (SSSR count). The predicted molar refractivity (Wildman–Crippen MR) is 93.8 cm³/mol. The van der Waals surface area contributed by atoms with E-state index in [9.17, 15) is 4.79 Å². The lowest BCUT2D eigenvalue weighted by molar-refractivity contribution is -0.128. The minimum Gasteiger partial charge on any atom is -0.481 e. The first kappa shape index (κ1) is 17.1. The third-order valence-electron chi connectivity index (χ3n) is 3.91. The second-order valence-electron chi connectivity index (χ2n) is 5.88. The molecule has 2 atom stereocenters. The Morgan fingerprint density at radius 2 is 1.74 bits per heavy atom. The monoisotopic (exact) mass is 311 g/mol. The predicted octanol–water partition coefficient (Wildman–Crippen LogP) is 4.07. The molecule has 2 aromatic rings. The average Bonchev–Trinajstić information content (AvgIpc) is 2.59. The van der Waals surface area contributed by atoms with Crippen LogP contribution in [0.4, 0.5) is 0 Å². The fourth-order valence-corrected chi connectivity index (χ4v) is 2.37. The molecular formula is C20H25NO2. The van der Waals surface area contributed by atoms with E-state index < -0.39 is 6.10 Å². The van der Waals surface area contributed by atoms with Gasteiger partial charge in [-0.05, 0) is 37.0 Å². The van der Waals surface area contributed by atoms with E-state index in [1.54, 1.807) is 0 Å². The van der Waals surface area contributed by atoms with Gasteiger partial charge in [0.05, 0.1) is 0 Å². The maximum Gasteiger partial charge on any atom is 0.261 e. The molecule has 2 aromatic carbocycles. The largest absolute Gasteiger partial charge is 0.481 e. The SMILES string of the molecule is CC[C@@H](Oc1ccc(C)cc1)C(=O)NC[C@H](C)c1ccccc1. The number of ether oxygens (including phenoxy) is 1. The highest BCUT2D eigenvalue weighted by Crippen LogP contribution is 2.16. The van der Waals surface area contributed by atoms with Crippen molar-refractivity contribution in [3.63, 3.8) is 0 Å². The zero-order valence-electron chi connectivity index (χ0n) is 14.1. The van der Waals surface area contributed by atoms with E-state index in [0.717, 1.165) is 5.75 Å². The van der Waals surface area contributed by atoms with Gasteiger partial charge in [-0.2, -0.15) is 0 Å². The van der Waals surface area contributed by atoms with Crippen molar-refractivity contribution in [1.29, 1.82) is 0 Å². The molecule has 0 unspecified atom stereocenters.